The molecule has 2 atom stereocenters. The first-order valence-electron chi connectivity index (χ1n) is 15.4. The molecule has 0 radical (unpaired) electrons. The molecule has 0 aliphatic rings. The van der Waals surface area contributed by atoms with Gasteiger partial charge in [0.25, 0.3) is 0 Å². The first-order chi connectivity index (χ1) is 22.4. The average Bonchev–Trinajstić information content (AvgIpc) is 3.69. The maximum Gasteiger partial charge on any atom is 0.200 e. The topological polar surface area (TPSA) is 122 Å². The number of aryl methyl sites for hydroxylation is 1. The summed E-state index contributed by atoms with van der Waals surface area (Å²) in [6.45, 7) is 7.02. The van der Waals surface area contributed by atoms with E-state index in [9.17, 15) is 5.11 Å². The highest BCUT2D eigenvalue weighted by Gasteiger charge is 2.26. The summed E-state index contributed by atoms with van der Waals surface area (Å²) in [7, 11) is 3.09. The summed E-state index contributed by atoms with van der Waals surface area (Å²) in [4.78, 5) is 9.31. The van der Waals surface area contributed by atoms with Crippen LogP contribution in [0, 0.1) is 0 Å². The van der Waals surface area contributed by atoms with Crippen LogP contribution in [0.25, 0.3) is 22.5 Å². The van der Waals surface area contributed by atoms with Crippen LogP contribution >= 0.6 is 11.6 Å². The number of aliphatic hydroxyl groups is 1. The second kappa shape index (κ2) is 15.5. The third kappa shape index (κ3) is 7.19. The second-order valence-electron chi connectivity index (χ2n) is 10.8. The average molecular weight is 646 g/mol. The maximum absolute atomic E-state index is 11.6. The number of methoxy groups -OCH3 is 2. The maximum atomic E-state index is 11.6. The summed E-state index contributed by atoms with van der Waals surface area (Å²) in [5.74, 6) is 1.45. The number of tetrazole rings is 1. The van der Waals surface area contributed by atoms with Gasteiger partial charge in [-0.05, 0) is 59.5 Å². The van der Waals surface area contributed by atoms with Crippen molar-refractivity contribution < 1.29 is 19.3 Å². The molecule has 0 aliphatic heterocycles. The van der Waals surface area contributed by atoms with E-state index < -0.39 is 12.4 Å². The van der Waals surface area contributed by atoms with E-state index in [4.69, 9.17) is 25.8 Å². The molecule has 0 saturated carbocycles. The van der Waals surface area contributed by atoms with Gasteiger partial charge in [0.2, 0.25) is 6.29 Å². The van der Waals surface area contributed by atoms with Crippen molar-refractivity contribution in [3.05, 3.63) is 100 Å². The molecule has 242 valence electrons. The van der Waals surface area contributed by atoms with Gasteiger partial charge in [-0.25, -0.2) is 9.97 Å². The normalized spacial score (nSPS) is 13.0. The van der Waals surface area contributed by atoms with Crippen molar-refractivity contribution in [3.63, 3.8) is 0 Å². The number of halogens is 1. The molecule has 2 aromatic carbocycles. The Morgan fingerprint density at radius 1 is 0.891 bits per heavy atom. The lowest BCUT2D eigenvalue weighted by Crippen LogP contribution is -2.15. The smallest absolute Gasteiger partial charge is 0.200 e. The first kappa shape index (κ1) is 33.4. The summed E-state index contributed by atoms with van der Waals surface area (Å²) in [6.07, 6.45) is 0.599. The van der Waals surface area contributed by atoms with Crippen molar-refractivity contribution in [2.75, 3.05) is 20.8 Å². The summed E-state index contributed by atoms with van der Waals surface area (Å²) in [5.41, 5.74) is 5.40. The van der Waals surface area contributed by atoms with Crippen LogP contribution in [0.2, 0.25) is 5.15 Å². The van der Waals surface area contributed by atoms with E-state index in [1.54, 1.807) is 31.0 Å². The fraction of sp³-hybridized carbons (Fsp3) is 0.382. The molecule has 11 nitrogen and oxygen atoms in total. The highest BCUT2D eigenvalue weighted by molar-refractivity contribution is 6.30. The molecule has 3 heterocycles. The van der Waals surface area contributed by atoms with Crippen molar-refractivity contribution in [1.29, 1.82) is 0 Å². The number of rotatable bonds is 15. The molecule has 0 amide bonds. The third-order valence-corrected chi connectivity index (χ3v) is 8.09. The second-order valence-corrected chi connectivity index (χ2v) is 11.2. The summed E-state index contributed by atoms with van der Waals surface area (Å²) >= 11 is 6.73. The molecule has 0 spiro atoms. The van der Waals surface area contributed by atoms with E-state index in [-0.39, 0.29) is 11.4 Å². The van der Waals surface area contributed by atoms with E-state index in [1.807, 2.05) is 42.7 Å². The van der Waals surface area contributed by atoms with E-state index in [1.165, 1.54) is 0 Å². The minimum absolute atomic E-state index is 0.255. The van der Waals surface area contributed by atoms with Gasteiger partial charge in [-0.3, -0.25) is 0 Å². The lowest BCUT2D eigenvalue weighted by atomic mass is 9.98. The number of hydrogen-bond donors (Lipinski definition) is 1. The van der Waals surface area contributed by atoms with Crippen molar-refractivity contribution in [2.24, 2.45) is 0 Å². The summed E-state index contributed by atoms with van der Waals surface area (Å²) in [6, 6.07) is 21.7. The van der Waals surface area contributed by atoms with Gasteiger partial charge in [0.05, 0.1) is 17.1 Å². The number of pyridine rings is 1. The highest BCUT2D eigenvalue weighted by Crippen LogP contribution is 2.34. The van der Waals surface area contributed by atoms with Crippen LogP contribution in [-0.4, -0.2) is 60.7 Å². The quantitative estimate of drug-likeness (QED) is 0.126. The van der Waals surface area contributed by atoms with Crippen LogP contribution < -0.4 is 0 Å². The number of aliphatic hydroxyl groups excluding tert-OH is 1. The van der Waals surface area contributed by atoms with Gasteiger partial charge in [0.1, 0.15) is 11.9 Å². The molecule has 0 fully saturated rings. The van der Waals surface area contributed by atoms with Crippen molar-refractivity contribution >= 4 is 11.6 Å². The zero-order valence-corrected chi connectivity index (χ0v) is 27.6. The molecule has 12 heteroatoms. The van der Waals surface area contributed by atoms with E-state index >= 15 is 0 Å². The molecule has 2 unspecified atom stereocenters. The third-order valence-electron chi connectivity index (χ3n) is 7.81. The van der Waals surface area contributed by atoms with Gasteiger partial charge in [0.15, 0.2) is 17.2 Å². The molecular formula is C34H40ClN7O4. The monoisotopic (exact) mass is 645 g/mol. The Hall–Kier alpha value is -4.00. The Labute approximate surface area is 274 Å². The van der Waals surface area contributed by atoms with Gasteiger partial charge in [-0.2, -0.15) is 4.68 Å². The molecule has 0 aliphatic carbocycles. The molecule has 5 aromatic rings. The van der Waals surface area contributed by atoms with Crippen LogP contribution in [0.3, 0.4) is 0 Å². The zero-order chi connectivity index (χ0) is 32.6. The van der Waals surface area contributed by atoms with E-state index in [2.05, 4.69) is 62.7 Å². The lowest BCUT2D eigenvalue weighted by molar-refractivity contribution is -0.108. The molecular weight excluding hydrogens is 606 g/mol. The predicted molar refractivity (Wildman–Crippen MR) is 175 cm³/mol. The minimum Gasteiger partial charge on any atom is -0.380 e. The van der Waals surface area contributed by atoms with Gasteiger partial charge in [-0.15, -0.1) is 5.10 Å². The first-order valence-corrected chi connectivity index (χ1v) is 15.8. The number of unbranched alkanes of at least 4 members (excludes halogenated alkanes) is 1. The van der Waals surface area contributed by atoms with Crippen molar-refractivity contribution in [2.45, 2.75) is 65.2 Å². The van der Waals surface area contributed by atoms with Crippen LogP contribution in [0.1, 0.15) is 80.7 Å². The lowest BCUT2D eigenvalue weighted by Gasteiger charge is -2.19. The molecule has 46 heavy (non-hydrogen) atoms. The molecule has 0 bridgehead atoms. The number of aromatic nitrogens is 7. The van der Waals surface area contributed by atoms with Crippen LogP contribution in [0.15, 0.2) is 66.7 Å². The Morgan fingerprint density at radius 3 is 2.30 bits per heavy atom. The van der Waals surface area contributed by atoms with Crippen molar-refractivity contribution in [3.8, 4) is 22.5 Å². The Bertz CT molecular complexity index is 1720. The molecule has 0 saturated heterocycles. The van der Waals surface area contributed by atoms with E-state index in [0.29, 0.717) is 36.1 Å². The zero-order valence-electron chi connectivity index (χ0n) is 26.8. The highest BCUT2D eigenvalue weighted by atomic mass is 35.5. The largest absolute Gasteiger partial charge is 0.380 e. The van der Waals surface area contributed by atoms with Crippen LogP contribution in [0.5, 0.6) is 0 Å². The molecule has 3 aromatic heterocycles. The number of imidazole rings is 1. The fourth-order valence-corrected chi connectivity index (χ4v) is 5.81. The SMILES string of the molecule is CCCCc1nc(Cl)c(C(O)c2cccc(C(OC)OC)n2)n1Cc1ccc(-c2ccccc2-c2nnnn2C(C)OCC)cc1. The van der Waals surface area contributed by atoms with Gasteiger partial charge in [-0.1, -0.05) is 79.5 Å². The summed E-state index contributed by atoms with van der Waals surface area (Å²) < 4.78 is 20.2. The number of ether oxygens (including phenoxy) is 3. The molecule has 1 N–H and O–H groups in total. The Balaban J connectivity index is 1.47. The van der Waals surface area contributed by atoms with Gasteiger partial charge < -0.3 is 23.9 Å². The van der Waals surface area contributed by atoms with Crippen molar-refractivity contribution in [1.82, 2.24) is 34.7 Å². The van der Waals surface area contributed by atoms with Crippen LogP contribution in [-0.2, 0) is 27.2 Å². The van der Waals surface area contributed by atoms with Crippen LogP contribution in [0.4, 0.5) is 0 Å². The standard InChI is InChI=1S/C34H40ClN7O4/c1-6-8-16-29-37-32(35)30(31(43)27-14-11-15-28(36-27)34(44-4)45-5)41(29)21-23-17-19-24(20-18-23)25-12-9-10-13-26(25)33-38-39-40-42(33)22(3)46-7-2/h9-15,17-20,22,31,34,43H,6-8,16,21H2,1-5H3. The molecule has 5 rings (SSSR count). The Kier molecular flexibility index (Phi) is 11.3. The Morgan fingerprint density at radius 2 is 1.61 bits per heavy atom. The van der Waals surface area contributed by atoms with Gasteiger partial charge >= 0.3 is 0 Å². The number of nitrogens with zero attached hydrogens (tertiary/aromatic N) is 7. The predicted octanol–water partition coefficient (Wildman–Crippen LogP) is 6.57. The number of hydrogen-bond acceptors (Lipinski definition) is 9. The minimum atomic E-state index is -1.11. The van der Waals surface area contributed by atoms with E-state index in [0.717, 1.165) is 47.3 Å². The summed E-state index contributed by atoms with van der Waals surface area (Å²) in [5, 5.41) is 24.3. The van der Waals surface area contributed by atoms with Gasteiger partial charge in [0, 0.05) is 39.4 Å². The fourth-order valence-electron chi connectivity index (χ4n) is 5.50. The number of benzene rings is 2.